The van der Waals surface area contributed by atoms with Crippen LogP contribution in [-0.2, 0) is 0 Å². The summed E-state index contributed by atoms with van der Waals surface area (Å²) in [5.74, 6) is 0.953. The first-order valence-electron chi connectivity index (χ1n) is 6.91. The third-order valence-electron chi connectivity index (χ3n) is 3.50. The van der Waals surface area contributed by atoms with Crippen LogP contribution in [0.1, 0.15) is 20.3 Å². The van der Waals surface area contributed by atoms with E-state index in [1.165, 1.54) is 19.5 Å². The van der Waals surface area contributed by atoms with Gasteiger partial charge in [0.1, 0.15) is 12.4 Å². The van der Waals surface area contributed by atoms with Crippen LogP contribution in [-0.4, -0.2) is 43.2 Å². The summed E-state index contributed by atoms with van der Waals surface area (Å²) in [5, 5.41) is 3.57. The molecular weight excluding hydrogens is 224 g/mol. The maximum absolute atomic E-state index is 5.66. The van der Waals surface area contributed by atoms with Gasteiger partial charge >= 0.3 is 0 Å². The number of ether oxygens (including phenoxy) is 1. The summed E-state index contributed by atoms with van der Waals surface area (Å²) in [6.07, 6.45) is 1.25. The molecular formula is C15H24N2O. The highest BCUT2D eigenvalue weighted by Crippen LogP contribution is 2.12. The van der Waals surface area contributed by atoms with Gasteiger partial charge < -0.3 is 10.1 Å². The summed E-state index contributed by atoms with van der Waals surface area (Å²) < 4.78 is 5.66. The molecule has 100 valence electrons. The van der Waals surface area contributed by atoms with Crippen LogP contribution in [0.2, 0.25) is 0 Å². The minimum absolute atomic E-state index is 0.631. The zero-order valence-corrected chi connectivity index (χ0v) is 11.4. The van der Waals surface area contributed by atoms with Gasteiger partial charge in [-0.15, -0.1) is 0 Å². The van der Waals surface area contributed by atoms with E-state index >= 15 is 0 Å². The van der Waals surface area contributed by atoms with Crippen molar-refractivity contribution in [1.82, 2.24) is 10.2 Å². The van der Waals surface area contributed by atoms with Gasteiger partial charge in [0.05, 0.1) is 0 Å². The number of hydrogen-bond donors (Lipinski definition) is 1. The van der Waals surface area contributed by atoms with E-state index in [0.717, 1.165) is 18.9 Å². The maximum atomic E-state index is 5.66. The van der Waals surface area contributed by atoms with Crippen molar-refractivity contribution in [2.45, 2.75) is 32.4 Å². The SMILES string of the molecule is CC(C)N1CCC(NCCOc2ccccc2)C1. The summed E-state index contributed by atoms with van der Waals surface area (Å²) in [7, 11) is 0. The molecule has 0 aromatic heterocycles. The normalized spacial score (nSPS) is 20.5. The van der Waals surface area contributed by atoms with Crippen molar-refractivity contribution in [3.63, 3.8) is 0 Å². The first kappa shape index (κ1) is 13.4. The van der Waals surface area contributed by atoms with Crippen molar-refractivity contribution < 1.29 is 4.74 Å². The number of nitrogens with one attached hydrogen (secondary N) is 1. The number of rotatable bonds is 6. The first-order chi connectivity index (χ1) is 8.75. The molecule has 0 bridgehead atoms. The Bertz CT molecular complexity index is 340. The van der Waals surface area contributed by atoms with Crippen LogP contribution in [0.25, 0.3) is 0 Å². The van der Waals surface area contributed by atoms with Crippen molar-refractivity contribution >= 4 is 0 Å². The predicted molar refractivity (Wildman–Crippen MR) is 75.1 cm³/mol. The number of hydrogen-bond acceptors (Lipinski definition) is 3. The van der Waals surface area contributed by atoms with E-state index in [0.29, 0.717) is 12.1 Å². The molecule has 1 fully saturated rings. The van der Waals surface area contributed by atoms with Gasteiger partial charge in [0.15, 0.2) is 0 Å². The van der Waals surface area contributed by atoms with Gasteiger partial charge in [-0.1, -0.05) is 18.2 Å². The predicted octanol–water partition coefficient (Wildman–Crippen LogP) is 2.14. The van der Waals surface area contributed by atoms with Crippen LogP contribution in [0.3, 0.4) is 0 Å². The van der Waals surface area contributed by atoms with E-state index in [4.69, 9.17) is 4.74 Å². The van der Waals surface area contributed by atoms with Crippen LogP contribution in [0, 0.1) is 0 Å². The molecule has 0 aliphatic carbocycles. The lowest BCUT2D eigenvalue weighted by molar-refractivity contribution is 0.263. The molecule has 1 aliphatic heterocycles. The third kappa shape index (κ3) is 4.00. The summed E-state index contributed by atoms with van der Waals surface area (Å²) >= 11 is 0. The fourth-order valence-electron chi connectivity index (χ4n) is 2.37. The number of likely N-dealkylation sites (tertiary alicyclic amines) is 1. The molecule has 3 heteroatoms. The lowest BCUT2D eigenvalue weighted by atomic mass is 10.2. The topological polar surface area (TPSA) is 24.5 Å². The highest BCUT2D eigenvalue weighted by atomic mass is 16.5. The van der Waals surface area contributed by atoms with Gasteiger partial charge in [0.25, 0.3) is 0 Å². The van der Waals surface area contributed by atoms with Crippen molar-refractivity contribution in [2.24, 2.45) is 0 Å². The van der Waals surface area contributed by atoms with Crippen molar-refractivity contribution in [2.75, 3.05) is 26.2 Å². The lowest BCUT2D eigenvalue weighted by Crippen LogP contribution is -2.36. The van der Waals surface area contributed by atoms with Gasteiger partial charge in [-0.25, -0.2) is 0 Å². The third-order valence-corrected chi connectivity index (χ3v) is 3.50. The quantitative estimate of drug-likeness (QED) is 0.781. The van der Waals surface area contributed by atoms with E-state index in [1.54, 1.807) is 0 Å². The molecule has 18 heavy (non-hydrogen) atoms. The Hall–Kier alpha value is -1.06. The minimum atomic E-state index is 0.631. The lowest BCUT2D eigenvalue weighted by Gasteiger charge is -2.20. The fourth-order valence-corrected chi connectivity index (χ4v) is 2.37. The van der Waals surface area contributed by atoms with E-state index in [2.05, 4.69) is 24.1 Å². The molecule has 1 saturated heterocycles. The smallest absolute Gasteiger partial charge is 0.119 e. The van der Waals surface area contributed by atoms with Crippen molar-refractivity contribution in [3.8, 4) is 5.75 Å². The highest BCUT2D eigenvalue weighted by Gasteiger charge is 2.23. The molecule has 0 spiro atoms. The Morgan fingerprint density at radius 3 is 2.78 bits per heavy atom. The van der Waals surface area contributed by atoms with Gasteiger partial charge in [-0.3, -0.25) is 4.90 Å². The molecule has 1 heterocycles. The van der Waals surface area contributed by atoms with Crippen LogP contribution >= 0.6 is 0 Å². The average molecular weight is 248 g/mol. The summed E-state index contributed by atoms with van der Waals surface area (Å²) in [5.41, 5.74) is 0. The summed E-state index contributed by atoms with van der Waals surface area (Å²) in [6.45, 7) is 8.58. The molecule has 1 aliphatic rings. The number of nitrogens with zero attached hydrogens (tertiary/aromatic N) is 1. The molecule has 1 aromatic rings. The minimum Gasteiger partial charge on any atom is -0.492 e. The Balaban J connectivity index is 1.59. The van der Waals surface area contributed by atoms with Crippen LogP contribution in [0.15, 0.2) is 30.3 Å². The molecule has 1 aromatic carbocycles. The second kappa shape index (κ2) is 6.76. The molecule has 3 nitrogen and oxygen atoms in total. The zero-order valence-electron chi connectivity index (χ0n) is 11.4. The van der Waals surface area contributed by atoms with Gasteiger partial charge in [0.2, 0.25) is 0 Å². The molecule has 1 unspecified atom stereocenters. The molecule has 2 rings (SSSR count). The number of benzene rings is 1. The zero-order chi connectivity index (χ0) is 12.8. The summed E-state index contributed by atoms with van der Waals surface area (Å²) in [6, 6.07) is 11.3. The Morgan fingerprint density at radius 2 is 2.11 bits per heavy atom. The number of para-hydroxylation sites is 1. The standard InChI is InChI=1S/C15H24N2O/c1-13(2)17-10-8-14(12-17)16-9-11-18-15-6-4-3-5-7-15/h3-7,13-14,16H,8-12H2,1-2H3. The maximum Gasteiger partial charge on any atom is 0.119 e. The second-order valence-corrected chi connectivity index (χ2v) is 5.19. The van der Waals surface area contributed by atoms with E-state index in [1.807, 2.05) is 30.3 Å². The molecule has 0 saturated carbocycles. The van der Waals surface area contributed by atoms with E-state index in [-0.39, 0.29) is 0 Å². The van der Waals surface area contributed by atoms with Crippen LogP contribution in [0.4, 0.5) is 0 Å². The second-order valence-electron chi connectivity index (χ2n) is 5.19. The van der Waals surface area contributed by atoms with Crippen molar-refractivity contribution in [1.29, 1.82) is 0 Å². The van der Waals surface area contributed by atoms with Crippen LogP contribution < -0.4 is 10.1 Å². The largest absolute Gasteiger partial charge is 0.492 e. The monoisotopic (exact) mass is 248 g/mol. The molecule has 0 radical (unpaired) electrons. The van der Waals surface area contributed by atoms with Gasteiger partial charge in [-0.2, -0.15) is 0 Å². The Labute approximate surface area is 110 Å². The molecule has 1 N–H and O–H groups in total. The summed E-state index contributed by atoms with van der Waals surface area (Å²) in [4.78, 5) is 2.52. The Morgan fingerprint density at radius 1 is 1.33 bits per heavy atom. The van der Waals surface area contributed by atoms with E-state index < -0.39 is 0 Å². The van der Waals surface area contributed by atoms with Gasteiger partial charge in [-0.05, 0) is 38.9 Å². The van der Waals surface area contributed by atoms with Crippen molar-refractivity contribution in [3.05, 3.63) is 30.3 Å². The fraction of sp³-hybridized carbons (Fsp3) is 0.600. The first-order valence-corrected chi connectivity index (χ1v) is 6.91. The molecule has 1 atom stereocenters. The average Bonchev–Trinajstić information content (AvgIpc) is 2.85. The highest BCUT2D eigenvalue weighted by molar-refractivity contribution is 5.20. The Kier molecular flexibility index (Phi) is 5.02. The molecule has 0 amide bonds. The van der Waals surface area contributed by atoms with E-state index in [9.17, 15) is 0 Å². The van der Waals surface area contributed by atoms with Crippen LogP contribution in [0.5, 0.6) is 5.75 Å². The van der Waals surface area contributed by atoms with Gasteiger partial charge in [0, 0.05) is 25.2 Å².